The number of carbonyl (C=O) groups is 2. The summed E-state index contributed by atoms with van der Waals surface area (Å²) in [6.07, 6.45) is 3.01. The van der Waals surface area contributed by atoms with E-state index in [9.17, 15) is 14.7 Å². The molecule has 0 aromatic heterocycles. The van der Waals surface area contributed by atoms with E-state index in [2.05, 4.69) is 10.3 Å². The van der Waals surface area contributed by atoms with Crippen molar-refractivity contribution in [3.63, 3.8) is 0 Å². The molecular weight excluding hydrogens is 268 g/mol. The van der Waals surface area contributed by atoms with E-state index >= 15 is 0 Å². The minimum Gasteiger partial charge on any atom is -0.508 e. The minimum absolute atomic E-state index is 0.178. The Morgan fingerprint density at radius 2 is 1.95 bits per heavy atom. The molecule has 0 saturated heterocycles. The molecular formula is C16H16N2O3. The lowest BCUT2D eigenvalue weighted by Crippen LogP contribution is -2.27. The maximum atomic E-state index is 11.8. The van der Waals surface area contributed by atoms with E-state index in [4.69, 9.17) is 0 Å². The number of phenolic OH excluding ortho intramolecular Hbond substituents is 1. The van der Waals surface area contributed by atoms with Gasteiger partial charge in [-0.25, -0.2) is 4.99 Å². The first-order valence-electron chi connectivity index (χ1n) is 6.47. The highest BCUT2D eigenvalue weighted by Crippen LogP contribution is 2.25. The van der Waals surface area contributed by atoms with Gasteiger partial charge in [0, 0.05) is 6.92 Å². The first kappa shape index (κ1) is 14.7. The molecule has 0 saturated carbocycles. The molecule has 108 valence electrons. The number of aliphatic imine (C=N–C) groups is 1. The van der Waals surface area contributed by atoms with Crippen molar-refractivity contribution in [1.29, 1.82) is 0 Å². The number of allylic oxidation sites excluding steroid dienone is 3. The summed E-state index contributed by atoms with van der Waals surface area (Å²) in [5, 5.41) is 11.9. The molecule has 2 rings (SSSR count). The summed E-state index contributed by atoms with van der Waals surface area (Å²) in [5.41, 5.74) is 3.06. The second kappa shape index (κ2) is 5.75. The largest absolute Gasteiger partial charge is 0.508 e. The van der Waals surface area contributed by atoms with Gasteiger partial charge in [0.25, 0.3) is 0 Å². The molecule has 0 radical (unpaired) electrons. The number of rotatable bonds is 2. The fourth-order valence-electron chi connectivity index (χ4n) is 1.97. The third-order valence-corrected chi connectivity index (χ3v) is 3.03. The quantitative estimate of drug-likeness (QED) is 0.818. The van der Waals surface area contributed by atoms with Crippen LogP contribution >= 0.6 is 0 Å². The Morgan fingerprint density at radius 1 is 1.24 bits per heavy atom. The van der Waals surface area contributed by atoms with E-state index in [1.165, 1.54) is 13.0 Å². The van der Waals surface area contributed by atoms with Crippen molar-refractivity contribution in [2.75, 3.05) is 0 Å². The van der Waals surface area contributed by atoms with Crippen molar-refractivity contribution in [3.8, 4) is 5.75 Å². The molecule has 1 amide bonds. The molecule has 0 bridgehead atoms. The van der Waals surface area contributed by atoms with E-state index in [0.717, 1.165) is 11.1 Å². The Kier molecular flexibility index (Phi) is 4.03. The number of phenols is 1. The van der Waals surface area contributed by atoms with Crippen LogP contribution in [0.3, 0.4) is 0 Å². The monoisotopic (exact) mass is 284 g/mol. The lowest BCUT2D eigenvalue weighted by Gasteiger charge is -2.13. The second-order valence-corrected chi connectivity index (χ2v) is 4.90. The van der Waals surface area contributed by atoms with Crippen LogP contribution < -0.4 is 5.32 Å². The van der Waals surface area contributed by atoms with Crippen molar-refractivity contribution in [3.05, 3.63) is 47.2 Å². The van der Waals surface area contributed by atoms with Crippen molar-refractivity contribution in [1.82, 2.24) is 5.32 Å². The molecule has 1 aromatic rings. The summed E-state index contributed by atoms with van der Waals surface area (Å²) in [5.74, 6) is -0.371. The number of ketones is 1. The van der Waals surface area contributed by atoms with Gasteiger partial charge < -0.3 is 10.4 Å². The van der Waals surface area contributed by atoms with Gasteiger partial charge >= 0.3 is 0 Å². The summed E-state index contributed by atoms with van der Waals surface area (Å²) in [7, 11) is 0. The summed E-state index contributed by atoms with van der Waals surface area (Å²) in [6.45, 7) is 4.97. The molecule has 21 heavy (non-hydrogen) atoms. The molecule has 0 aliphatic heterocycles. The van der Waals surface area contributed by atoms with Crippen LogP contribution in [0.15, 0.2) is 46.6 Å². The van der Waals surface area contributed by atoms with Crippen LogP contribution in [0.4, 0.5) is 5.69 Å². The highest BCUT2D eigenvalue weighted by atomic mass is 16.3. The van der Waals surface area contributed by atoms with Gasteiger partial charge in [-0.05, 0) is 55.3 Å². The molecule has 2 N–H and O–H groups in total. The summed E-state index contributed by atoms with van der Waals surface area (Å²) < 4.78 is 0. The Morgan fingerprint density at radius 3 is 2.57 bits per heavy atom. The molecule has 0 atom stereocenters. The maximum absolute atomic E-state index is 11.8. The Labute approximate surface area is 122 Å². The van der Waals surface area contributed by atoms with Gasteiger partial charge in [-0.15, -0.1) is 0 Å². The zero-order valence-corrected chi connectivity index (χ0v) is 12.1. The van der Waals surface area contributed by atoms with Gasteiger partial charge in [0.05, 0.1) is 17.1 Å². The summed E-state index contributed by atoms with van der Waals surface area (Å²) in [4.78, 5) is 27.4. The fourth-order valence-corrected chi connectivity index (χ4v) is 1.97. The number of nitrogens with zero attached hydrogens (tertiary/aromatic N) is 1. The minimum atomic E-state index is -0.303. The third kappa shape index (κ3) is 3.45. The lowest BCUT2D eigenvalue weighted by atomic mass is 10.0. The normalized spacial score (nSPS) is 16.5. The molecule has 1 aromatic carbocycles. The molecule has 0 heterocycles. The van der Waals surface area contributed by atoms with Gasteiger partial charge in [-0.1, -0.05) is 0 Å². The van der Waals surface area contributed by atoms with E-state index in [0.29, 0.717) is 11.4 Å². The van der Waals surface area contributed by atoms with Crippen LogP contribution in [-0.2, 0) is 9.59 Å². The number of hydrogen-bond donors (Lipinski definition) is 2. The molecule has 5 nitrogen and oxygen atoms in total. The van der Waals surface area contributed by atoms with Crippen LogP contribution in [0.1, 0.15) is 19.4 Å². The number of benzene rings is 1. The average molecular weight is 284 g/mol. The number of nitrogens with one attached hydrogen (secondary N) is 1. The highest BCUT2D eigenvalue weighted by molar-refractivity contribution is 6.22. The summed E-state index contributed by atoms with van der Waals surface area (Å²) >= 11 is 0. The van der Waals surface area contributed by atoms with E-state index in [1.807, 2.05) is 6.92 Å². The van der Waals surface area contributed by atoms with E-state index in [-0.39, 0.29) is 23.1 Å². The smallest absolute Gasteiger partial charge is 0.221 e. The number of aryl methyl sites for hydroxylation is 1. The first-order chi connectivity index (χ1) is 9.86. The lowest BCUT2D eigenvalue weighted by molar-refractivity contribution is -0.120. The van der Waals surface area contributed by atoms with Crippen molar-refractivity contribution >= 4 is 23.1 Å². The van der Waals surface area contributed by atoms with Crippen molar-refractivity contribution in [2.45, 2.75) is 20.8 Å². The van der Waals surface area contributed by atoms with Crippen LogP contribution in [0, 0.1) is 6.92 Å². The van der Waals surface area contributed by atoms with Crippen molar-refractivity contribution < 1.29 is 14.7 Å². The average Bonchev–Trinajstić information content (AvgIpc) is 2.37. The summed E-state index contributed by atoms with van der Waals surface area (Å²) in [6, 6.07) is 4.87. The van der Waals surface area contributed by atoms with Gasteiger partial charge in [-0.3, -0.25) is 9.59 Å². The second-order valence-electron chi connectivity index (χ2n) is 4.90. The molecule has 1 aliphatic rings. The van der Waals surface area contributed by atoms with Crippen LogP contribution in [0.2, 0.25) is 0 Å². The zero-order valence-electron chi connectivity index (χ0n) is 12.1. The number of hydrogen-bond acceptors (Lipinski definition) is 4. The topological polar surface area (TPSA) is 78.8 Å². The molecule has 0 unspecified atom stereocenters. The number of amides is 1. The molecule has 0 fully saturated rings. The van der Waals surface area contributed by atoms with Gasteiger partial charge in [0.2, 0.25) is 11.7 Å². The van der Waals surface area contributed by atoms with Gasteiger partial charge in [-0.2, -0.15) is 0 Å². The number of aromatic hydroxyl groups is 1. The maximum Gasteiger partial charge on any atom is 0.221 e. The third-order valence-electron chi connectivity index (χ3n) is 3.03. The fraction of sp³-hybridized carbons (Fsp3) is 0.188. The van der Waals surface area contributed by atoms with Crippen LogP contribution in [-0.4, -0.2) is 22.5 Å². The molecule has 5 heteroatoms. The van der Waals surface area contributed by atoms with Crippen LogP contribution in [0.25, 0.3) is 0 Å². The van der Waals surface area contributed by atoms with Crippen LogP contribution in [0.5, 0.6) is 5.75 Å². The predicted octanol–water partition coefficient (Wildman–Crippen LogP) is 2.32. The van der Waals surface area contributed by atoms with E-state index < -0.39 is 0 Å². The molecule has 1 aliphatic carbocycles. The Balaban J connectivity index is 2.43. The zero-order chi connectivity index (χ0) is 15.6. The highest BCUT2D eigenvalue weighted by Gasteiger charge is 2.17. The van der Waals surface area contributed by atoms with E-state index in [1.54, 1.807) is 31.2 Å². The Hall–Kier alpha value is -2.69. The standard InChI is InChI=1S/C16H16N2O3/c1-9-6-12(20)4-5-13(9)18-14-8-15(17-11(3)19)16(21)7-10(14)2/h4-8,20H,1-3H3,(H,17,19). The van der Waals surface area contributed by atoms with Crippen molar-refractivity contribution in [2.24, 2.45) is 4.99 Å². The Bertz CT molecular complexity index is 712. The predicted molar refractivity (Wildman–Crippen MR) is 80.6 cm³/mol. The van der Waals surface area contributed by atoms with Gasteiger partial charge in [0.1, 0.15) is 5.75 Å². The SMILES string of the molecule is CC(=O)NC1=CC(=Nc2ccc(O)cc2C)C(C)=CC1=O. The number of carbonyl (C=O) groups excluding carboxylic acids is 2. The molecule has 0 spiro atoms. The van der Waals surface area contributed by atoms with Gasteiger partial charge in [0.15, 0.2) is 0 Å². The first-order valence-corrected chi connectivity index (χ1v) is 6.47.